The average Bonchev–Trinajstić information content (AvgIpc) is 2.51. The largest absolute Gasteiger partial charge is 0.430 e. The van der Waals surface area contributed by atoms with E-state index in [1.165, 1.54) is 6.07 Å². The van der Waals surface area contributed by atoms with Crippen molar-refractivity contribution in [3.05, 3.63) is 76.1 Å². The van der Waals surface area contributed by atoms with Crippen LogP contribution < -0.4 is 10.9 Å². The van der Waals surface area contributed by atoms with Crippen LogP contribution in [0.3, 0.4) is 0 Å². The zero-order chi connectivity index (χ0) is 15.7. The van der Waals surface area contributed by atoms with Gasteiger partial charge in [-0.3, -0.25) is 4.79 Å². The van der Waals surface area contributed by atoms with Crippen LogP contribution in [0.4, 0.5) is 10.1 Å². The molecule has 0 unspecified atom stereocenters. The van der Waals surface area contributed by atoms with E-state index in [9.17, 15) is 14.0 Å². The van der Waals surface area contributed by atoms with Crippen molar-refractivity contribution in [2.45, 2.75) is 6.92 Å². The van der Waals surface area contributed by atoms with Crippen molar-refractivity contribution in [2.24, 2.45) is 0 Å². The third-order valence-corrected chi connectivity index (χ3v) is 3.40. The Bertz CT molecular complexity index is 931. The van der Waals surface area contributed by atoms with E-state index in [0.29, 0.717) is 22.0 Å². The van der Waals surface area contributed by atoms with Crippen molar-refractivity contribution < 1.29 is 13.6 Å². The molecule has 5 heteroatoms. The van der Waals surface area contributed by atoms with Crippen LogP contribution in [0.1, 0.15) is 15.9 Å². The molecule has 4 nitrogen and oxygen atoms in total. The molecule has 3 aromatic rings. The average molecular weight is 297 g/mol. The number of rotatable bonds is 2. The molecule has 3 rings (SSSR count). The SMILES string of the molecule is Cc1ccc(NC(=O)c2coc(=O)c3ccccc23)cc1F. The lowest BCUT2D eigenvalue weighted by Crippen LogP contribution is -2.14. The summed E-state index contributed by atoms with van der Waals surface area (Å²) >= 11 is 0. The van der Waals surface area contributed by atoms with Gasteiger partial charge in [-0.15, -0.1) is 0 Å². The molecule has 110 valence electrons. The van der Waals surface area contributed by atoms with Gasteiger partial charge in [0.15, 0.2) is 0 Å². The molecule has 0 fully saturated rings. The predicted molar refractivity (Wildman–Crippen MR) is 81.6 cm³/mol. The minimum absolute atomic E-state index is 0.219. The van der Waals surface area contributed by atoms with E-state index < -0.39 is 17.3 Å². The summed E-state index contributed by atoms with van der Waals surface area (Å²) in [5, 5.41) is 3.41. The van der Waals surface area contributed by atoms with Crippen LogP contribution >= 0.6 is 0 Å². The Kier molecular flexibility index (Phi) is 3.47. The van der Waals surface area contributed by atoms with E-state index in [0.717, 1.165) is 6.26 Å². The highest BCUT2D eigenvalue weighted by Gasteiger charge is 2.14. The Balaban J connectivity index is 2.01. The van der Waals surface area contributed by atoms with Gasteiger partial charge in [-0.25, -0.2) is 9.18 Å². The van der Waals surface area contributed by atoms with Crippen LogP contribution in [0, 0.1) is 12.7 Å². The van der Waals surface area contributed by atoms with E-state index in [2.05, 4.69) is 5.32 Å². The summed E-state index contributed by atoms with van der Waals surface area (Å²) in [6.07, 6.45) is 1.12. The minimum Gasteiger partial charge on any atom is -0.430 e. The van der Waals surface area contributed by atoms with Gasteiger partial charge in [0.1, 0.15) is 12.1 Å². The first-order valence-electron chi connectivity index (χ1n) is 6.64. The van der Waals surface area contributed by atoms with Gasteiger partial charge in [0, 0.05) is 11.1 Å². The lowest BCUT2D eigenvalue weighted by molar-refractivity contribution is 0.102. The molecule has 1 amide bonds. The second kappa shape index (κ2) is 5.44. The quantitative estimate of drug-likeness (QED) is 0.787. The molecule has 0 radical (unpaired) electrons. The van der Waals surface area contributed by atoms with Crippen LogP contribution in [-0.2, 0) is 0 Å². The van der Waals surface area contributed by atoms with E-state index in [1.807, 2.05) is 0 Å². The molecule has 1 aromatic heterocycles. The second-order valence-corrected chi connectivity index (χ2v) is 4.90. The van der Waals surface area contributed by atoms with Crippen LogP contribution in [-0.4, -0.2) is 5.91 Å². The number of carbonyl (C=O) groups excluding carboxylic acids is 1. The Morgan fingerprint density at radius 1 is 1.14 bits per heavy atom. The first kappa shape index (κ1) is 14.0. The second-order valence-electron chi connectivity index (χ2n) is 4.90. The molecule has 0 spiro atoms. The molecule has 0 bridgehead atoms. The summed E-state index contributed by atoms with van der Waals surface area (Å²) in [7, 11) is 0. The molecular formula is C17H12FNO3. The molecule has 1 heterocycles. The molecule has 0 aliphatic rings. The molecule has 0 aliphatic carbocycles. The maximum Gasteiger partial charge on any atom is 0.343 e. The standard InChI is InChI=1S/C17H12FNO3/c1-10-6-7-11(8-15(10)18)19-16(20)14-9-22-17(21)13-5-3-2-4-12(13)14/h2-9H,1H3,(H,19,20). The summed E-state index contributed by atoms with van der Waals surface area (Å²) in [5.74, 6) is -0.870. The fourth-order valence-electron chi connectivity index (χ4n) is 2.18. The highest BCUT2D eigenvalue weighted by Crippen LogP contribution is 2.18. The number of nitrogens with one attached hydrogen (secondary N) is 1. The van der Waals surface area contributed by atoms with Crippen molar-refractivity contribution in [1.82, 2.24) is 0 Å². The maximum absolute atomic E-state index is 13.5. The van der Waals surface area contributed by atoms with Gasteiger partial charge in [0.05, 0.1) is 10.9 Å². The van der Waals surface area contributed by atoms with Crippen LogP contribution in [0.25, 0.3) is 10.8 Å². The van der Waals surface area contributed by atoms with Gasteiger partial charge in [-0.1, -0.05) is 24.3 Å². The minimum atomic E-state index is -0.506. The first-order valence-corrected chi connectivity index (χ1v) is 6.64. The molecule has 2 aromatic carbocycles. The monoisotopic (exact) mass is 297 g/mol. The van der Waals surface area contributed by atoms with Crippen molar-refractivity contribution in [2.75, 3.05) is 5.32 Å². The number of hydrogen-bond acceptors (Lipinski definition) is 3. The van der Waals surface area contributed by atoms with Crippen LogP contribution in [0.2, 0.25) is 0 Å². The van der Waals surface area contributed by atoms with Gasteiger partial charge < -0.3 is 9.73 Å². The molecular weight excluding hydrogens is 285 g/mol. The fourth-order valence-corrected chi connectivity index (χ4v) is 2.18. The van der Waals surface area contributed by atoms with Crippen molar-refractivity contribution in [3.63, 3.8) is 0 Å². The zero-order valence-corrected chi connectivity index (χ0v) is 11.7. The third-order valence-electron chi connectivity index (χ3n) is 3.40. The number of amides is 1. The zero-order valence-electron chi connectivity index (χ0n) is 11.7. The number of anilines is 1. The molecule has 22 heavy (non-hydrogen) atoms. The Hall–Kier alpha value is -2.95. The number of fused-ring (bicyclic) bond motifs is 1. The van der Waals surface area contributed by atoms with E-state index in [-0.39, 0.29) is 5.56 Å². The smallest absolute Gasteiger partial charge is 0.343 e. The van der Waals surface area contributed by atoms with Gasteiger partial charge in [-0.05, 0) is 30.7 Å². The van der Waals surface area contributed by atoms with Gasteiger partial charge in [-0.2, -0.15) is 0 Å². The molecule has 0 aliphatic heterocycles. The van der Waals surface area contributed by atoms with Crippen LogP contribution in [0.5, 0.6) is 0 Å². The van der Waals surface area contributed by atoms with Gasteiger partial charge in [0.25, 0.3) is 5.91 Å². The van der Waals surface area contributed by atoms with Crippen LogP contribution in [0.15, 0.2) is 57.9 Å². The van der Waals surface area contributed by atoms with Crippen molar-refractivity contribution in [3.8, 4) is 0 Å². The highest BCUT2D eigenvalue weighted by molar-refractivity contribution is 6.12. The predicted octanol–water partition coefficient (Wildman–Crippen LogP) is 3.49. The number of halogens is 1. The fraction of sp³-hybridized carbons (Fsp3) is 0.0588. The number of carbonyl (C=O) groups is 1. The topological polar surface area (TPSA) is 59.3 Å². The normalized spacial score (nSPS) is 10.6. The van der Waals surface area contributed by atoms with E-state index in [4.69, 9.17) is 4.42 Å². The molecule has 0 atom stereocenters. The summed E-state index contributed by atoms with van der Waals surface area (Å²) in [6.45, 7) is 1.64. The maximum atomic E-state index is 13.5. The van der Waals surface area contributed by atoms with E-state index in [1.54, 1.807) is 43.3 Å². The lowest BCUT2D eigenvalue weighted by Gasteiger charge is -2.08. The Morgan fingerprint density at radius 2 is 1.86 bits per heavy atom. The lowest BCUT2D eigenvalue weighted by atomic mass is 10.1. The van der Waals surface area contributed by atoms with Crippen molar-refractivity contribution in [1.29, 1.82) is 0 Å². The molecule has 0 saturated heterocycles. The summed E-state index contributed by atoms with van der Waals surface area (Å²) in [4.78, 5) is 24.0. The molecule has 1 N–H and O–H groups in total. The Morgan fingerprint density at radius 3 is 2.59 bits per heavy atom. The van der Waals surface area contributed by atoms with Crippen molar-refractivity contribution >= 4 is 22.4 Å². The summed E-state index contributed by atoms with van der Waals surface area (Å²) < 4.78 is 18.4. The number of benzene rings is 2. The number of hydrogen-bond donors (Lipinski definition) is 1. The summed E-state index contributed by atoms with van der Waals surface area (Å²) in [5.41, 5.74) is 0.544. The summed E-state index contributed by atoms with van der Waals surface area (Å²) in [6, 6.07) is 11.1. The van der Waals surface area contributed by atoms with Gasteiger partial charge >= 0.3 is 5.63 Å². The molecule has 0 saturated carbocycles. The highest BCUT2D eigenvalue weighted by atomic mass is 19.1. The van der Waals surface area contributed by atoms with Gasteiger partial charge in [0.2, 0.25) is 0 Å². The number of aryl methyl sites for hydroxylation is 1. The first-order chi connectivity index (χ1) is 10.6. The Labute approximate surface area is 125 Å². The van der Waals surface area contributed by atoms with E-state index >= 15 is 0 Å². The third kappa shape index (κ3) is 2.48.